The van der Waals surface area contributed by atoms with E-state index in [2.05, 4.69) is 20.6 Å². The van der Waals surface area contributed by atoms with E-state index in [-0.39, 0.29) is 12.5 Å². The summed E-state index contributed by atoms with van der Waals surface area (Å²) in [4.78, 5) is 16.4. The topological polar surface area (TPSA) is 72.7 Å². The summed E-state index contributed by atoms with van der Waals surface area (Å²) in [5, 5.41) is 11.2. The molecule has 6 nitrogen and oxygen atoms in total. The molecule has 0 saturated carbocycles. The van der Waals surface area contributed by atoms with E-state index in [0.29, 0.717) is 20.1 Å². The van der Waals surface area contributed by atoms with Crippen LogP contribution in [0.5, 0.6) is 0 Å². The molecule has 0 aliphatic carbocycles. The highest BCUT2D eigenvalue weighted by atomic mass is 35.5. The minimum absolute atomic E-state index is 0.195. The number of thiophene rings is 1. The number of nitrogens with zero attached hydrogens (tertiary/aromatic N) is 4. The molecule has 0 atom stereocenters. The Balaban J connectivity index is 1.64. The van der Waals surface area contributed by atoms with E-state index in [1.54, 1.807) is 41.3 Å². The lowest BCUT2D eigenvalue weighted by atomic mass is 10.4. The summed E-state index contributed by atoms with van der Waals surface area (Å²) in [6.45, 7) is 0.273. The highest BCUT2D eigenvalue weighted by Crippen LogP contribution is 2.21. The number of carbonyl (C=O) groups is 1. The van der Waals surface area contributed by atoms with Gasteiger partial charge in [-0.15, -0.1) is 16.4 Å². The van der Waals surface area contributed by atoms with Crippen molar-refractivity contribution in [2.45, 2.75) is 6.54 Å². The van der Waals surface area contributed by atoms with Crippen LogP contribution in [0.4, 0.5) is 0 Å². The van der Waals surface area contributed by atoms with Crippen LogP contribution in [0.3, 0.4) is 0 Å². The Hall–Kier alpha value is -1.96. The van der Waals surface area contributed by atoms with Crippen LogP contribution in [0, 0.1) is 0 Å². The van der Waals surface area contributed by atoms with Crippen LogP contribution >= 0.6 is 34.5 Å². The number of nitrogens with one attached hydrogen (secondary N) is 1. The molecule has 9 heteroatoms. The van der Waals surface area contributed by atoms with Gasteiger partial charge in [0.1, 0.15) is 10.8 Å². The maximum absolute atomic E-state index is 11.9. The quantitative estimate of drug-likeness (QED) is 0.731. The Morgan fingerprint density at radius 3 is 2.82 bits per heavy atom. The van der Waals surface area contributed by atoms with Gasteiger partial charge in [-0.2, -0.15) is 0 Å². The highest BCUT2D eigenvalue weighted by molar-refractivity contribution is 7.17. The van der Waals surface area contributed by atoms with Gasteiger partial charge in [0.15, 0.2) is 0 Å². The Morgan fingerprint density at radius 2 is 2.14 bits per heavy atom. The number of amides is 1. The second-order valence-corrected chi connectivity index (χ2v) is 6.38. The number of rotatable bonds is 4. The van der Waals surface area contributed by atoms with Crippen molar-refractivity contribution >= 4 is 40.4 Å². The number of pyridine rings is 1. The van der Waals surface area contributed by atoms with Crippen LogP contribution in [-0.2, 0) is 6.54 Å². The van der Waals surface area contributed by atoms with Crippen molar-refractivity contribution in [3.63, 3.8) is 0 Å². The summed E-state index contributed by atoms with van der Waals surface area (Å²) in [6.07, 6.45) is 3.31. The highest BCUT2D eigenvalue weighted by Gasteiger charge is 2.10. The SMILES string of the molecule is O=C(NCc1cn(-c2ccc(Cl)nc2)nn1)c1ccc(Cl)s1. The monoisotopic (exact) mass is 353 g/mol. The summed E-state index contributed by atoms with van der Waals surface area (Å²) in [6, 6.07) is 6.81. The number of halogens is 2. The first kappa shape index (κ1) is 15.0. The first-order valence-corrected chi connectivity index (χ1v) is 7.76. The molecule has 112 valence electrons. The van der Waals surface area contributed by atoms with E-state index in [0.717, 1.165) is 5.69 Å². The van der Waals surface area contributed by atoms with Gasteiger partial charge in [0.25, 0.3) is 5.91 Å². The van der Waals surface area contributed by atoms with Crippen molar-refractivity contribution in [1.29, 1.82) is 0 Å². The second kappa shape index (κ2) is 6.43. The van der Waals surface area contributed by atoms with Crippen LogP contribution in [0.15, 0.2) is 36.7 Å². The van der Waals surface area contributed by atoms with Gasteiger partial charge in [-0.05, 0) is 24.3 Å². The van der Waals surface area contributed by atoms with E-state index < -0.39 is 0 Å². The van der Waals surface area contributed by atoms with Crippen LogP contribution in [0.25, 0.3) is 5.69 Å². The smallest absolute Gasteiger partial charge is 0.261 e. The summed E-state index contributed by atoms with van der Waals surface area (Å²) < 4.78 is 2.14. The number of carbonyl (C=O) groups excluding carboxylic acids is 1. The van der Waals surface area contributed by atoms with Crippen LogP contribution in [-0.4, -0.2) is 25.9 Å². The Labute approximate surface area is 139 Å². The average molecular weight is 354 g/mol. The molecule has 0 fully saturated rings. The molecule has 0 unspecified atom stereocenters. The maximum atomic E-state index is 11.9. The van der Waals surface area contributed by atoms with Crippen molar-refractivity contribution in [2.75, 3.05) is 0 Å². The molecule has 22 heavy (non-hydrogen) atoms. The minimum atomic E-state index is -0.195. The van der Waals surface area contributed by atoms with Crippen molar-refractivity contribution in [3.05, 3.63) is 56.7 Å². The summed E-state index contributed by atoms with van der Waals surface area (Å²) in [7, 11) is 0. The van der Waals surface area contributed by atoms with Gasteiger partial charge in [0.05, 0.1) is 33.8 Å². The Kier molecular flexibility index (Phi) is 4.37. The first-order chi connectivity index (χ1) is 10.6. The molecule has 3 rings (SSSR count). The Morgan fingerprint density at radius 1 is 1.27 bits per heavy atom. The van der Waals surface area contributed by atoms with Crippen LogP contribution < -0.4 is 5.32 Å². The summed E-state index contributed by atoms with van der Waals surface area (Å²) in [5.41, 5.74) is 1.37. The summed E-state index contributed by atoms with van der Waals surface area (Å²) in [5.74, 6) is -0.195. The lowest BCUT2D eigenvalue weighted by molar-refractivity contribution is 0.0954. The standard InChI is InChI=1S/C13H9Cl2N5OS/c14-11-3-1-9(6-16-11)20-7-8(18-19-20)5-17-13(21)10-2-4-12(15)22-10/h1-4,6-7H,5H2,(H,17,21). The van der Waals surface area contributed by atoms with Crippen LogP contribution in [0.2, 0.25) is 9.49 Å². The van der Waals surface area contributed by atoms with Gasteiger partial charge < -0.3 is 5.32 Å². The zero-order chi connectivity index (χ0) is 15.5. The molecule has 3 aromatic rings. The third kappa shape index (κ3) is 3.44. The lowest BCUT2D eigenvalue weighted by Crippen LogP contribution is -2.21. The van der Waals surface area contributed by atoms with Crippen molar-refractivity contribution in [3.8, 4) is 5.69 Å². The third-order valence-corrected chi connectivity index (χ3v) is 4.20. The van der Waals surface area contributed by atoms with Crippen molar-refractivity contribution < 1.29 is 4.79 Å². The first-order valence-electron chi connectivity index (χ1n) is 6.18. The van der Waals surface area contributed by atoms with Gasteiger partial charge in [-0.1, -0.05) is 28.4 Å². The fourth-order valence-electron chi connectivity index (χ4n) is 1.70. The predicted molar refractivity (Wildman–Crippen MR) is 84.7 cm³/mol. The van der Waals surface area contributed by atoms with Gasteiger partial charge in [-0.3, -0.25) is 4.79 Å². The largest absolute Gasteiger partial charge is 0.346 e. The number of aromatic nitrogens is 4. The molecular weight excluding hydrogens is 345 g/mol. The molecular formula is C13H9Cl2N5OS. The molecule has 1 N–H and O–H groups in total. The molecule has 0 aromatic carbocycles. The molecule has 0 bridgehead atoms. The average Bonchev–Trinajstić information content (AvgIpc) is 3.15. The zero-order valence-electron chi connectivity index (χ0n) is 11.0. The molecule has 1 amide bonds. The number of hydrogen-bond acceptors (Lipinski definition) is 5. The van der Waals surface area contributed by atoms with Gasteiger partial charge in [0, 0.05) is 0 Å². The maximum Gasteiger partial charge on any atom is 0.261 e. The van der Waals surface area contributed by atoms with E-state index >= 15 is 0 Å². The molecule has 0 spiro atoms. The third-order valence-electron chi connectivity index (χ3n) is 2.74. The molecule has 0 radical (unpaired) electrons. The fraction of sp³-hybridized carbons (Fsp3) is 0.0769. The van der Waals surface area contributed by atoms with Gasteiger partial charge >= 0.3 is 0 Å². The van der Waals surface area contributed by atoms with Gasteiger partial charge in [0.2, 0.25) is 0 Å². The number of hydrogen-bond donors (Lipinski definition) is 1. The second-order valence-electron chi connectivity index (χ2n) is 4.28. The zero-order valence-corrected chi connectivity index (χ0v) is 13.4. The normalized spacial score (nSPS) is 10.6. The minimum Gasteiger partial charge on any atom is -0.346 e. The van der Waals surface area contributed by atoms with E-state index in [9.17, 15) is 4.79 Å². The van der Waals surface area contributed by atoms with E-state index in [1.165, 1.54) is 11.3 Å². The summed E-state index contributed by atoms with van der Waals surface area (Å²) >= 11 is 12.8. The van der Waals surface area contributed by atoms with Gasteiger partial charge in [-0.25, -0.2) is 9.67 Å². The predicted octanol–water partition coefficient (Wildman–Crippen LogP) is 2.96. The molecule has 3 aromatic heterocycles. The van der Waals surface area contributed by atoms with Crippen LogP contribution in [0.1, 0.15) is 15.4 Å². The molecule has 0 aliphatic rings. The van der Waals surface area contributed by atoms with Crippen molar-refractivity contribution in [1.82, 2.24) is 25.3 Å². The Bertz CT molecular complexity index is 799. The van der Waals surface area contributed by atoms with Crippen molar-refractivity contribution in [2.24, 2.45) is 0 Å². The van der Waals surface area contributed by atoms with E-state index in [4.69, 9.17) is 23.2 Å². The van der Waals surface area contributed by atoms with E-state index in [1.807, 2.05) is 0 Å². The molecule has 0 aliphatic heterocycles. The molecule has 3 heterocycles. The lowest BCUT2D eigenvalue weighted by Gasteiger charge is -2.00. The molecule has 0 saturated heterocycles. The fourth-order valence-corrected chi connectivity index (χ4v) is 2.77.